The zero-order valence-electron chi connectivity index (χ0n) is 12.2. The van der Waals surface area contributed by atoms with Gasteiger partial charge in [0.15, 0.2) is 0 Å². The molecule has 0 bridgehead atoms. The summed E-state index contributed by atoms with van der Waals surface area (Å²) in [5.74, 6) is 0.604. The van der Waals surface area contributed by atoms with Gasteiger partial charge in [-0.1, -0.05) is 43.0 Å². The fourth-order valence-corrected chi connectivity index (χ4v) is 2.47. The van der Waals surface area contributed by atoms with Crippen LogP contribution in [0.5, 0.6) is 5.75 Å². The molecule has 0 radical (unpaired) electrons. The Bertz CT molecular complexity index is 641. The van der Waals surface area contributed by atoms with Crippen LogP contribution in [-0.2, 0) is 6.42 Å². The van der Waals surface area contributed by atoms with Gasteiger partial charge in [-0.2, -0.15) is 0 Å². The van der Waals surface area contributed by atoms with Gasteiger partial charge < -0.3 is 10.1 Å². The van der Waals surface area contributed by atoms with Crippen LogP contribution in [0.4, 0.5) is 0 Å². The van der Waals surface area contributed by atoms with Crippen LogP contribution in [0.2, 0.25) is 0 Å². The number of rotatable bonds is 7. The maximum atomic E-state index is 12.1. The fraction of sp³-hybridized carbons (Fsp3) is 0.167. The third kappa shape index (κ3) is 4.74. The third-order valence-corrected chi connectivity index (χ3v) is 3.71. The van der Waals surface area contributed by atoms with E-state index in [1.54, 1.807) is 24.3 Å². The van der Waals surface area contributed by atoms with Crippen molar-refractivity contribution in [2.75, 3.05) is 13.2 Å². The number of hydrogen-bond acceptors (Lipinski definition) is 2. The van der Waals surface area contributed by atoms with Crippen LogP contribution < -0.4 is 10.1 Å². The molecule has 22 heavy (non-hydrogen) atoms. The van der Waals surface area contributed by atoms with E-state index in [1.807, 2.05) is 18.2 Å². The summed E-state index contributed by atoms with van der Waals surface area (Å²) in [6.45, 7) is 4.64. The van der Waals surface area contributed by atoms with Crippen molar-refractivity contribution < 1.29 is 9.53 Å². The molecule has 0 aliphatic heterocycles. The van der Waals surface area contributed by atoms with Gasteiger partial charge in [0.2, 0.25) is 0 Å². The van der Waals surface area contributed by atoms with Crippen LogP contribution in [-0.4, -0.2) is 19.1 Å². The molecule has 2 rings (SSSR count). The number of amides is 1. The Morgan fingerprint density at radius 3 is 2.68 bits per heavy atom. The van der Waals surface area contributed by atoms with Crippen molar-refractivity contribution in [3.05, 3.63) is 76.8 Å². The highest BCUT2D eigenvalue weighted by Gasteiger charge is 2.08. The lowest BCUT2D eigenvalue weighted by Gasteiger charge is -2.09. The van der Waals surface area contributed by atoms with Crippen LogP contribution in [0.1, 0.15) is 15.9 Å². The monoisotopic (exact) mass is 359 g/mol. The van der Waals surface area contributed by atoms with Crippen LogP contribution in [0.15, 0.2) is 65.7 Å². The maximum Gasteiger partial charge on any atom is 0.251 e. The maximum absolute atomic E-state index is 12.1. The van der Waals surface area contributed by atoms with E-state index >= 15 is 0 Å². The van der Waals surface area contributed by atoms with Gasteiger partial charge in [0.1, 0.15) is 12.4 Å². The standard InChI is InChI=1S/C18H18BrNO2/c1-2-12-22-17-9-8-15(13-16(17)19)18(21)20-11-10-14-6-4-3-5-7-14/h2-9,13H,1,10-12H2,(H,20,21). The fourth-order valence-electron chi connectivity index (χ4n) is 1.97. The Labute approximate surface area is 139 Å². The number of carbonyl (C=O) groups is 1. The van der Waals surface area contributed by atoms with Crippen LogP contribution in [0.25, 0.3) is 0 Å². The molecule has 0 fully saturated rings. The molecule has 0 heterocycles. The summed E-state index contributed by atoms with van der Waals surface area (Å²) >= 11 is 3.41. The van der Waals surface area contributed by atoms with E-state index in [-0.39, 0.29) is 5.91 Å². The first-order valence-electron chi connectivity index (χ1n) is 7.06. The van der Waals surface area contributed by atoms with Gasteiger partial charge in [0.05, 0.1) is 4.47 Å². The first kappa shape index (κ1) is 16.3. The number of hydrogen-bond donors (Lipinski definition) is 1. The lowest BCUT2D eigenvalue weighted by molar-refractivity contribution is 0.0954. The molecule has 0 aliphatic carbocycles. The molecule has 0 atom stereocenters. The van der Waals surface area contributed by atoms with Crippen molar-refractivity contribution in [1.29, 1.82) is 0 Å². The molecule has 0 aromatic heterocycles. The van der Waals surface area contributed by atoms with Crippen molar-refractivity contribution in [1.82, 2.24) is 5.32 Å². The molecule has 2 aromatic carbocycles. The molecular weight excluding hydrogens is 342 g/mol. The lowest BCUT2D eigenvalue weighted by Crippen LogP contribution is -2.25. The second-order valence-electron chi connectivity index (χ2n) is 4.74. The molecule has 0 saturated carbocycles. The lowest BCUT2D eigenvalue weighted by atomic mass is 10.1. The van der Waals surface area contributed by atoms with E-state index in [0.29, 0.717) is 24.5 Å². The van der Waals surface area contributed by atoms with Gasteiger partial charge in [-0.15, -0.1) is 0 Å². The summed E-state index contributed by atoms with van der Waals surface area (Å²) in [4.78, 5) is 12.1. The molecule has 0 unspecified atom stereocenters. The number of ether oxygens (including phenoxy) is 1. The van der Waals surface area contributed by atoms with E-state index in [4.69, 9.17) is 4.74 Å². The Hall–Kier alpha value is -2.07. The Morgan fingerprint density at radius 1 is 1.23 bits per heavy atom. The molecule has 114 valence electrons. The zero-order valence-corrected chi connectivity index (χ0v) is 13.8. The van der Waals surface area contributed by atoms with Crippen molar-refractivity contribution >= 4 is 21.8 Å². The molecule has 4 heteroatoms. The van der Waals surface area contributed by atoms with Gasteiger partial charge in [-0.05, 0) is 46.1 Å². The molecule has 1 N–H and O–H groups in total. The first-order valence-corrected chi connectivity index (χ1v) is 7.85. The van der Waals surface area contributed by atoms with E-state index in [1.165, 1.54) is 5.56 Å². The smallest absolute Gasteiger partial charge is 0.251 e. The quantitative estimate of drug-likeness (QED) is 0.759. The van der Waals surface area contributed by atoms with Crippen molar-refractivity contribution in [2.45, 2.75) is 6.42 Å². The van der Waals surface area contributed by atoms with Gasteiger partial charge in [-0.3, -0.25) is 4.79 Å². The summed E-state index contributed by atoms with van der Waals surface area (Å²) in [6.07, 6.45) is 2.49. The average molecular weight is 360 g/mol. The van der Waals surface area contributed by atoms with Gasteiger partial charge in [0, 0.05) is 12.1 Å². The summed E-state index contributed by atoms with van der Waals surface area (Å²) in [7, 11) is 0. The predicted octanol–water partition coefficient (Wildman–Crippen LogP) is 3.99. The van der Waals surface area contributed by atoms with Gasteiger partial charge in [-0.25, -0.2) is 0 Å². The van der Waals surface area contributed by atoms with Crippen molar-refractivity contribution in [3.63, 3.8) is 0 Å². The zero-order chi connectivity index (χ0) is 15.8. The van der Waals surface area contributed by atoms with Crippen LogP contribution in [0.3, 0.4) is 0 Å². The second kappa shape index (κ2) is 8.39. The molecule has 0 spiro atoms. The molecule has 3 nitrogen and oxygen atoms in total. The predicted molar refractivity (Wildman–Crippen MR) is 92.3 cm³/mol. The number of benzene rings is 2. The number of nitrogens with one attached hydrogen (secondary N) is 1. The highest BCUT2D eigenvalue weighted by molar-refractivity contribution is 9.10. The summed E-state index contributed by atoms with van der Waals surface area (Å²) in [5.41, 5.74) is 1.81. The van der Waals surface area contributed by atoms with Crippen molar-refractivity contribution in [2.24, 2.45) is 0 Å². The third-order valence-electron chi connectivity index (χ3n) is 3.09. The van der Waals surface area contributed by atoms with Crippen LogP contribution in [0, 0.1) is 0 Å². The SMILES string of the molecule is C=CCOc1ccc(C(=O)NCCc2ccccc2)cc1Br. The minimum atomic E-state index is -0.0908. The normalized spacial score (nSPS) is 10.0. The van der Waals surface area contributed by atoms with Gasteiger partial charge in [0.25, 0.3) is 5.91 Å². The minimum Gasteiger partial charge on any atom is -0.488 e. The van der Waals surface area contributed by atoms with Gasteiger partial charge >= 0.3 is 0 Å². The Kier molecular flexibility index (Phi) is 6.22. The van der Waals surface area contributed by atoms with E-state index in [0.717, 1.165) is 10.9 Å². The highest BCUT2D eigenvalue weighted by Crippen LogP contribution is 2.26. The summed E-state index contributed by atoms with van der Waals surface area (Å²) < 4.78 is 6.22. The molecule has 0 saturated heterocycles. The Morgan fingerprint density at radius 2 is 2.00 bits per heavy atom. The topological polar surface area (TPSA) is 38.3 Å². The Balaban J connectivity index is 1.89. The molecule has 1 amide bonds. The number of carbonyl (C=O) groups excluding carboxylic acids is 1. The summed E-state index contributed by atoms with van der Waals surface area (Å²) in [5, 5.41) is 2.92. The highest BCUT2D eigenvalue weighted by atomic mass is 79.9. The molecule has 0 aliphatic rings. The van der Waals surface area contributed by atoms with E-state index in [2.05, 4.69) is 40.0 Å². The molecule has 2 aromatic rings. The minimum absolute atomic E-state index is 0.0908. The van der Waals surface area contributed by atoms with E-state index in [9.17, 15) is 4.79 Å². The van der Waals surface area contributed by atoms with Crippen LogP contribution >= 0.6 is 15.9 Å². The largest absolute Gasteiger partial charge is 0.488 e. The molecular formula is C18H18BrNO2. The second-order valence-corrected chi connectivity index (χ2v) is 5.59. The first-order chi connectivity index (χ1) is 10.7. The van der Waals surface area contributed by atoms with E-state index < -0.39 is 0 Å². The van der Waals surface area contributed by atoms with Crippen molar-refractivity contribution in [3.8, 4) is 5.75 Å². The summed E-state index contributed by atoms with van der Waals surface area (Å²) in [6, 6.07) is 15.4. The average Bonchev–Trinajstić information content (AvgIpc) is 2.54. The number of halogens is 1.